The average Bonchev–Trinajstić information content (AvgIpc) is 3.38. The van der Waals surface area contributed by atoms with Gasteiger partial charge < -0.3 is 13.9 Å². The highest BCUT2D eigenvalue weighted by Gasteiger charge is 2.23. The predicted molar refractivity (Wildman–Crippen MR) is 118 cm³/mol. The first kappa shape index (κ1) is 21.4. The Morgan fingerprint density at radius 3 is 1.97 bits per heavy atom. The van der Waals surface area contributed by atoms with Crippen LogP contribution in [0.15, 0.2) is 74.5 Å². The second kappa shape index (κ2) is 8.74. The van der Waals surface area contributed by atoms with Crippen molar-refractivity contribution in [1.29, 1.82) is 0 Å². The lowest BCUT2D eigenvalue weighted by molar-refractivity contribution is -0.268. The third-order valence-electron chi connectivity index (χ3n) is 5.13. The van der Waals surface area contributed by atoms with Gasteiger partial charge in [0.05, 0.1) is 11.4 Å². The van der Waals surface area contributed by atoms with Crippen LogP contribution >= 0.6 is 0 Å². The van der Waals surface area contributed by atoms with Crippen LogP contribution in [0.1, 0.15) is 45.6 Å². The van der Waals surface area contributed by atoms with E-state index in [-0.39, 0.29) is 22.4 Å². The number of furan rings is 2. The fraction of sp³-hybridized carbons (Fsp3) is 0.160. The molecule has 0 aliphatic carbocycles. The number of rotatable bonds is 6. The van der Waals surface area contributed by atoms with Gasteiger partial charge in [-0.15, -0.1) is 5.23 Å². The fourth-order valence-corrected chi connectivity index (χ4v) is 3.61. The van der Waals surface area contributed by atoms with Crippen LogP contribution in [0.3, 0.4) is 0 Å². The van der Waals surface area contributed by atoms with Crippen molar-refractivity contribution in [2.45, 2.75) is 26.7 Å². The standard InChI is InChI=1S/C25H24N2O5/c1-15-12-19(25(28)21(13-15)27(29)30)14-26-20-8-6-18(7-9-20)24(22-10-4-16(2)31-22)23-11-5-17(3)32-23/h4-14,24,28-30H,1-3H3/p-1. The first-order valence-corrected chi connectivity index (χ1v) is 10.1. The molecule has 164 valence electrons. The van der Waals surface area contributed by atoms with E-state index in [1.807, 2.05) is 62.4 Å². The van der Waals surface area contributed by atoms with Crippen molar-refractivity contribution in [3.63, 3.8) is 0 Å². The molecule has 0 saturated carbocycles. The molecule has 7 heteroatoms. The maximum Gasteiger partial charge on any atom is 0.119 e. The van der Waals surface area contributed by atoms with Crippen LogP contribution in [0.4, 0.5) is 11.4 Å². The van der Waals surface area contributed by atoms with Gasteiger partial charge in [0.1, 0.15) is 29.0 Å². The lowest BCUT2D eigenvalue weighted by Crippen LogP contribution is -2.15. The van der Waals surface area contributed by atoms with E-state index in [9.17, 15) is 15.5 Å². The molecule has 0 aliphatic rings. The second-order valence-electron chi connectivity index (χ2n) is 7.67. The molecule has 0 bridgehead atoms. The van der Waals surface area contributed by atoms with Crippen molar-refractivity contribution in [2.24, 2.45) is 4.99 Å². The molecule has 0 saturated heterocycles. The van der Waals surface area contributed by atoms with Crippen molar-refractivity contribution < 1.29 is 24.4 Å². The highest BCUT2D eigenvalue weighted by molar-refractivity contribution is 5.88. The average molecular weight is 431 g/mol. The molecule has 0 atom stereocenters. The molecule has 0 unspecified atom stereocenters. The van der Waals surface area contributed by atoms with Crippen LogP contribution in [-0.2, 0) is 0 Å². The molecule has 4 rings (SSSR count). The Labute approximate surface area is 185 Å². The summed E-state index contributed by atoms with van der Waals surface area (Å²) in [5.41, 5.74) is 2.35. The summed E-state index contributed by atoms with van der Waals surface area (Å²) >= 11 is 0. The molecule has 4 aromatic rings. The lowest BCUT2D eigenvalue weighted by Gasteiger charge is -2.20. The zero-order valence-electron chi connectivity index (χ0n) is 17.9. The molecular weight excluding hydrogens is 408 g/mol. The van der Waals surface area contributed by atoms with Gasteiger partial charge in [-0.3, -0.25) is 15.4 Å². The molecule has 7 nitrogen and oxygen atoms in total. The van der Waals surface area contributed by atoms with Gasteiger partial charge in [-0.1, -0.05) is 23.9 Å². The van der Waals surface area contributed by atoms with Gasteiger partial charge >= 0.3 is 0 Å². The maximum atomic E-state index is 12.4. The zero-order chi connectivity index (χ0) is 22.8. The minimum absolute atomic E-state index is 0.172. The number of aryl methyl sites for hydroxylation is 3. The normalized spacial score (nSPS) is 11.6. The SMILES string of the molecule is Cc1cc(C=Nc2ccc(C(c3ccc(C)o3)c3ccc(C)o3)cc2)c([O-])c(N(O)O)c1. The highest BCUT2D eigenvalue weighted by atomic mass is 16.8. The summed E-state index contributed by atoms with van der Waals surface area (Å²) in [5.74, 6) is 2.50. The van der Waals surface area contributed by atoms with Gasteiger partial charge in [0, 0.05) is 6.21 Å². The van der Waals surface area contributed by atoms with Crippen molar-refractivity contribution in [2.75, 3.05) is 5.23 Å². The maximum absolute atomic E-state index is 12.4. The molecule has 0 amide bonds. The van der Waals surface area contributed by atoms with Crippen molar-refractivity contribution in [1.82, 2.24) is 0 Å². The van der Waals surface area contributed by atoms with Crippen LogP contribution in [0.2, 0.25) is 0 Å². The molecule has 32 heavy (non-hydrogen) atoms. The molecule has 0 spiro atoms. The largest absolute Gasteiger partial charge is 0.870 e. The summed E-state index contributed by atoms with van der Waals surface area (Å²) in [6, 6.07) is 18.3. The fourth-order valence-electron chi connectivity index (χ4n) is 3.61. The number of anilines is 1. The van der Waals surface area contributed by atoms with Crippen LogP contribution in [0, 0.1) is 20.8 Å². The topological polar surface area (TPSA) is 105 Å². The van der Waals surface area contributed by atoms with Gasteiger partial charge in [0.25, 0.3) is 0 Å². The van der Waals surface area contributed by atoms with E-state index < -0.39 is 5.75 Å². The van der Waals surface area contributed by atoms with Crippen molar-refractivity contribution >= 4 is 17.6 Å². The molecule has 2 aromatic carbocycles. The van der Waals surface area contributed by atoms with Gasteiger partial charge in [-0.25, -0.2) is 0 Å². The first-order valence-electron chi connectivity index (χ1n) is 10.1. The van der Waals surface area contributed by atoms with E-state index in [1.54, 1.807) is 13.0 Å². The molecular formula is C25H23N2O5-. The van der Waals surface area contributed by atoms with Crippen LogP contribution in [-0.4, -0.2) is 16.6 Å². The monoisotopic (exact) mass is 431 g/mol. The van der Waals surface area contributed by atoms with Crippen LogP contribution < -0.4 is 10.3 Å². The summed E-state index contributed by atoms with van der Waals surface area (Å²) < 4.78 is 11.8. The van der Waals surface area contributed by atoms with Gasteiger partial charge in [-0.05, 0) is 79.9 Å². The minimum atomic E-state index is -0.526. The Morgan fingerprint density at radius 1 is 0.875 bits per heavy atom. The first-order chi connectivity index (χ1) is 15.3. The number of hydrogen-bond acceptors (Lipinski definition) is 7. The summed E-state index contributed by atoms with van der Waals surface area (Å²) in [6.07, 6.45) is 1.42. The summed E-state index contributed by atoms with van der Waals surface area (Å²) in [5, 5.41) is 30.7. The summed E-state index contributed by atoms with van der Waals surface area (Å²) in [6.45, 7) is 5.56. The number of benzene rings is 2. The van der Waals surface area contributed by atoms with Gasteiger partial charge in [-0.2, -0.15) is 0 Å². The Hall–Kier alpha value is -3.81. The smallest absolute Gasteiger partial charge is 0.119 e. The van der Waals surface area contributed by atoms with Gasteiger partial charge in [0.2, 0.25) is 0 Å². The quantitative estimate of drug-likeness (QED) is 0.313. The molecule has 2 N–H and O–H groups in total. The number of aliphatic imine (C=N–C) groups is 1. The Balaban J connectivity index is 1.64. The Kier molecular flexibility index (Phi) is 5.85. The van der Waals surface area contributed by atoms with E-state index in [0.29, 0.717) is 11.3 Å². The number of hydrogen-bond donors (Lipinski definition) is 2. The third-order valence-corrected chi connectivity index (χ3v) is 5.13. The lowest BCUT2D eigenvalue weighted by atomic mass is 9.94. The van der Waals surface area contributed by atoms with Crippen LogP contribution in [0.5, 0.6) is 5.75 Å². The summed E-state index contributed by atoms with van der Waals surface area (Å²) in [7, 11) is 0. The van der Waals surface area contributed by atoms with E-state index in [1.165, 1.54) is 12.3 Å². The van der Waals surface area contributed by atoms with Crippen molar-refractivity contribution in [3.8, 4) is 5.75 Å². The third kappa shape index (κ3) is 4.44. The summed E-state index contributed by atoms with van der Waals surface area (Å²) in [4.78, 5) is 4.38. The molecule has 0 fully saturated rings. The van der Waals surface area contributed by atoms with E-state index in [0.717, 1.165) is 28.6 Å². The predicted octanol–water partition coefficient (Wildman–Crippen LogP) is 5.39. The highest BCUT2D eigenvalue weighted by Crippen LogP contribution is 2.35. The zero-order valence-corrected chi connectivity index (χ0v) is 17.9. The van der Waals surface area contributed by atoms with Crippen molar-refractivity contribution in [3.05, 3.63) is 100 Å². The molecule has 2 heterocycles. The van der Waals surface area contributed by atoms with Gasteiger partial charge in [0.15, 0.2) is 0 Å². The van der Waals surface area contributed by atoms with E-state index in [2.05, 4.69) is 4.99 Å². The minimum Gasteiger partial charge on any atom is -0.870 e. The van der Waals surface area contributed by atoms with Crippen LogP contribution in [0.25, 0.3) is 0 Å². The van der Waals surface area contributed by atoms with E-state index in [4.69, 9.17) is 8.83 Å². The van der Waals surface area contributed by atoms with E-state index >= 15 is 0 Å². The number of nitrogens with zero attached hydrogens (tertiary/aromatic N) is 2. The Bertz CT molecular complexity index is 1210. The molecule has 0 radical (unpaired) electrons. The molecule has 2 aromatic heterocycles. The molecule has 0 aliphatic heterocycles. The second-order valence-corrected chi connectivity index (χ2v) is 7.67. The Morgan fingerprint density at radius 2 is 1.47 bits per heavy atom.